The maximum Gasteiger partial charge on any atom is 0.224 e. The number of ether oxygens (including phenoxy) is 1. The van der Waals surface area contributed by atoms with E-state index in [2.05, 4.69) is 30.9 Å². The number of allylic oxidation sites excluding steroid dienone is 2. The van der Waals surface area contributed by atoms with Gasteiger partial charge in [-0.3, -0.25) is 14.4 Å². The van der Waals surface area contributed by atoms with Gasteiger partial charge in [-0.1, -0.05) is 19.1 Å². The fourth-order valence-electron chi connectivity index (χ4n) is 7.24. The van der Waals surface area contributed by atoms with Crippen molar-refractivity contribution in [3.8, 4) is 5.75 Å². The molecule has 170 valence electrons. The number of rotatable bonds is 5. The van der Waals surface area contributed by atoms with Gasteiger partial charge >= 0.3 is 0 Å². The minimum Gasteiger partial charge on any atom is -0.505 e. The van der Waals surface area contributed by atoms with Crippen molar-refractivity contribution in [2.24, 2.45) is 22.7 Å². The van der Waals surface area contributed by atoms with Crippen LogP contribution in [0.5, 0.6) is 5.75 Å². The third-order valence-corrected chi connectivity index (χ3v) is 8.91. The van der Waals surface area contributed by atoms with Crippen LogP contribution in [0, 0.1) is 29.6 Å². The van der Waals surface area contributed by atoms with Crippen molar-refractivity contribution in [2.75, 3.05) is 5.32 Å². The number of amides is 1. The third-order valence-electron chi connectivity index (χ3n) is 8.67. The summed E-state index contributed by atoms with van der Waals surface area (Å²) in [6, 6.07) is 3.14. The van der Waals surface area contributed by atoms with Crippen LogP contribution in [0.4, 0.5) is 5.69 Å². The highest BCUT2D eigenvalue weighted by Gasteiger charge is 2.71. The van der Waals surface area contributed by atoms with Crippen LogP contribution in [-0.4, -0.2) is 33.6 Å². The van der Waals surface area contributed by atoms with Crippen LogP contribution in [0.25, 0.3) is 0 Å². The number of anilines is 1. The molecule has 4 bridgehead atoms. The number of hydrogen-bond acceptors (Lipinski definition) is 5. The van der Waals surface area contributed by atoms with Gasteiger partial charge in [-0.2, -0.15) is 0 Å². The molecule has 0 radical (unpaired) electrons. The minimum absolute atomic E-state index is 0.0180. The van der Waals surface area contributed by atoms with E-state index in [9.17, 15) is 19.5 Å². The Labute approximate surface area is 193 Å². The molecule has 6 atom stereocenters. The molecule has 0 aromatic heterocycles. The molecule has 2 aliphatic heterocycles. The second-order valence-corrected chi connectivity index (χ2v) is 11.0. The van der Waals surface area contributed by atoms with E-state index >= 15 is 0 Å². The van der Waals surface area contributed by atoms with E-state index in [0.717, 1.165) is 19.3 Å². The van der Waals surface area contributed by atoms with Crippen molar-refractivity contribution in [2.45, 2.75) is 64.6 Å². The molecule has 3 aliphatic carbocycles. The zero-order chi connectivity index (χ0) is 23.1. The Hall–Kier alpha value is -2.12. The average Bonchev–Trinajstić information content (AvgIpc) is 3.08. The predicted molar refractivity (Wildman–Crippen MR) is 123 cm³/mol. The Kier molecular flexibility index (Phi) is 4.71. The number of benzene rings is 1. The van der Waals surface area contributed by atoms with Crippen molar-refractivity contribution in [3.05, 3.63) is 35.4 Å². The fourth-order valence-corrected chi connectivity index (χ4v) is 7.42. The van der Waals surface area contributed by atoms with Crippen LogP contribution in [0.15, 0.2) is 24.3 Å². The monoisotopic (exact) mass is 455 g/mol. The van der Waals surface area contributed by atoms with E-state index < -0.39 is 10.5 Å². The average molecular weight is 456 g/mol. The zero-order valence-corrected chi connectivity index (χ0v) is 19.5. The smallest absolute Gasteiger partial charge is 0.224 e. The lowest BCUT2D eigenvalue weighted by Gasteiger charge is -2.55. The SMILES string of the molecule is Cc1ccc(C(=O)S)c(O)c1NC(=O)CC[C@]1(C)C(=O)C=C[C@]23C[C@@H]4C[C@H](O[C@@]4(C)C2)[C@H]31. The van der Waals surface area contributed by atoms with E-state index in [1.807, 2.05) is 6.92 Å². The van der Waals surface area contributed by atoms with Crippen LogP contribution in [-0.2, 0) is 14.3 Å². The lowest BCUT2D eigenvalue weighted by atomic mass is 9.51. The first kappa shape index (κ1) is 21.7. The molecule has 6 nitrogen and oxygen atoms in total. The largest absolute Gasteiger partial charge is 0.505 e. The molecule has 4 fully saturated rings. The highest BCUT2D eigenvalue weighted by molar-refractivity contribution is 7.97. The number of aryl methyl sites for hydroxylation is 1. The topological polar surface area (TPSA) is 92.7 Å². The van der Waals surface area contributed by atoms with Crippen molar-refractivity contribution < 1.29 is 24.2 Å². The molecule has 6 rings (SSSR count). The Balaban J connectivity index is 1.36. The first-order valence-electron chi connectivity index (χ1n) is 11.3. The zero-order valence-electron chi connectivity index (χ0n) is 18.6. The molecule has 2 saturated heterocycles. The molecular weight excluding hydrogens is 426 g/mol. The van der Waals surface area contributed by atoms with Gasteiger partial charge in [-0.25, -0.2) is 0 Å². The minimum atomic E-state index is -0.673. The van der Waals surface area contributed by atoms with E-state index in [-0.39, 0.29) is 58.1 Å². The second kappa shape index (κ2) is 6.94. The molecule has 1 spiro atoms. The molecule has 1 aromatic rings. The first-order chi connectivity index (χ1) is 15.0. The lowest BCUT2D eigenvalue weighted by Crippen LogP contribution is -2.56. The molecule has 1 aromatic carbocycles. The maximum atomic E-state index is 13.1. The van der Waals surface area contributed by atoms with E-state index in [1.54, 1.807) is 19.1 Å². The third kappa shape index (κ3) is 2.93. The molecule has 2 saturated carbocycles. The maximum absolute atomic E-state index is 13.1. The van der Waals surface area contributed by atoms with E-state index in [0.29, 0.717) is 17.9 Å². The Morgan fingerprint density at radius 3 is 2.75 bits per heavy atom. The van der Waals surface area contributed by atoms with Crippen LogP contribution >= 0.6 is 12.6 Å². The second-order valence-electron chi connectivity index (χ2n) is 10.6. The number of carbonyl (C=O) groups excluding carboxylic acids is 3. The Morgan fingerprint density at radius 1 is 1.31 bits per heavy atom. The lowest BCUT2D eigenvalue weighted by molar-refractivity contribution is -0.169. The van der Waals surface area contributed by atoms with Crippen molar-refractivity contribution in [1.29, 1.82) is 0 Å². The van der Waals surface area contributed by atoms with E-state index in [4.69, 9.17) is 4.74 Å². The summed E-state index contributed by atoms with van der Waals surface area (Å²) >= 11 is 3.78. The molecule has 2 N–H and O–H groups in total. The number of aromatic hydroxyl groups is 1. The van der Waals surface area contributed by atoms with Gasteiger partial charge in [-0.15, -0.1) is 12.6 Å². The first-order valence-corrected chi connectivity index (χ1v) is 11.7. The highest BCUT2D eigenvalue weighted by Crippen LogP contribution is 2.71. The van der Waals surface area contributed by atoms with Crippen LogP contribution < -0.4 is 5.32 Å². The summed E-state index contributed by atoms with van der Waals surface area (Å²) in [6.45, 7) is 5.93. The molecule has 7 heteroatoms. The number of carbonyl (C=O) groups is 3. The van der Waals surface area contributed by atoms with Gasteiger partial charge in [0.1, 0.15) is 0 Å². The van der Waals surface area contributed by atoms with Crippen molar-refractivity contribution >= 4 is 35.1 Å². The predicted octanol–water partition coefficient (Wildman–Crippen LogP) is 4.21. The van der Waals surface area contributed by atoms with Gasteiger partial charge < -0.3 is 15.2 Å². The number of phenolic OH excluding ortho intramolecular Hbond substituents is 1. The normalized spacial score (nSPS) is 38.8. The molecule has 32 heavy (non-hydrogen) atoms. The summed E-state index contributed by atoms with van der Waals surface area (Å²) < 4.78 is 6.46. The molecule has 5 aliphatic rings. The van der Waals surface area contributed by atoms with Crippen molar-refractivity contribution in [1.82, 2.24) is 0 Å². The molecular formula is C25H29NO5S. The molecule has 0 unspecified atom stereocenters. The number of nitrogens with one attached hydrogen (secondary N) is 1. The standard InChI is InChI=1S/C25H29NO5S/c1-13-4-5-15(22(30)32)20(29)19(13)26-18(28)7-8-23(2)17(27)6-9-25-11-14-10-16(21(23)25)31-24(14,3)12-25/h4-6,9,14,16,21,29H,7-8,10-12H2,1-3H3,(H,26,28)(H,30,32)/t14-,16-,21-,23+,24-,25-/m0/s1. The number of ketones is 1. The van der Waals surface area contributed by atoms with Crippen LogP contribution in [0.2, 0.25) is 0 Å². The summed E-state index contributed by atoms with van der Waals surface area (Å²) in [4.78, 5) is 37.6. The molecule has 1 amide bonds. The van der Waals surface area contributed by atoms with Crippen LogP contribution in [0.3, 0.4) is 0 Å². The Morgan fingerprint density at radius 2 is 2.06 bits per heavy atom. The van der Waals surface area contributed by atoms with Gasteiger partial charge in [0.2, 0.25) is 11.0 Å². The summed E-state index contributed by atoms with van der Waals surface area (Å²) in [6.07, 6.45) is 7.44. The number of phenols is 1. The van der Waals surface area contributed by atoms with Crippen LogP contribution in [0.1, 0.15) is 61.9 Å². The van der Waals surface area contributed by atoms with Crippen molar-refractivity contribution in [3.63, 3.8) is 0 Å². The van der Waals surface area contributed by atoms with Gasteiger partial charge in [0, 0.05) is 17.8 Å². The number of hydrogen-bond donors (Lipinski definition) is 3. The molecule has 2 heterocycles. The van der Waals surface area contributed by atoms with Gasteiger partial charge in [0.05, 0.1) is 23.0 Å². The van der Waals surface area contributed by atoms with Gasteiger partial charge in [0.25, 0.3) is 0 Å². The summed E-state index contributed by atoms with van der Waals surface area (Å²) in [7, 11) is 0. The fraction of sp³-hybridized carbons (Fsp3) is 0.560. The van der Waals surface area contributed by atoms with Gasteiger partial charge in [0.15, 0.2) is 11.5 Å². The highest BCUT2D eigenvalue weighted by atomic mass is 32.1. The Bertz CT molecular complexity index is 1080. The summed E-state index contributed by atoms with van der Waals surface area (Å²) in [5.74, 6) is 0.0929. The number of thiol groups is 1. The summed E-state index contributed by atoms with van der Waals surface area (Å²) in [5, 5.41) is 12.6. The van der Waals surface area contributed by atoms with E-state index in [1.165, 1.54) is 6.07 Å². The summed E-state index contributed by atoms with van der Waals surface area (Å²) in [5.41, 5.74) is 0.111. The van der Waals surface area contributed by atoms with Gasteiger partial charge in [-0.05, 0) is 68.6 Å². The quantitative estimate of drug-likeness (QED) is 0.457.